The topological polar surface area (TPSA) is 70.5 Å². The zero-order valence-electron chi connectivity index (χ0n) is 11.3. The number of nitrogens with zero attached hydrogens (tertiary/aromatic N) is 2. The van der Waals surface area contributed by atoms with Crippen molar-refractivity contribution in [2.24, 2.45) is 0 Å². The monoisotopic (exact) mass is 340 g/mol. The molecule has 20 heavy (non-hydrogen) atoms. The SMILES string of the molecule is CCC[C@@]1(C(=O)O)CCCN1C(=O)c1ccncc1Br. The highest BCUT2D eigenvalue weighted by atomic mass is 79.9. The van der Waals surface area contributed by atoms with Gasteiger partial charge in [-0.2, -0.15) is 0 Å². The van der Waals surface area contributed by atoms with E-state index in [1.807, 2.05) is 6.92 Å². The summed E-state index contributed by atoms with van der Waals surface area (Å²) in [5.74, 6) is -1.15. The van der Waals surface area contributed by atoms with Gasteiger partial charge in [-0.25, -0.2) is 4.79 Å². The van der Waals surface area contributed by atoms with Gasteiger partial charge in [0, 0.05) is 23.4 Å². The maximum Gasteiger partial charge on any atom is 0.329 e. The molecule has 6 heteroatoms. The van der Waals surface area contributed by atoms with Crippen molar-refractivity contribution >= 4 is 27.8 Å². The molecular formula is C14H17BrN2O3. The Hall–Kier alpha value is -1.43. The number of hydrogen-bond acceptors (Lipinski definition) is 3. The van der Waals surface area contributed by atoms with Crippen LogP contribution in [0.2, 0.25) is 0 Å². The molecule has 0 radical (unpaired) electrons. The number of hydrogen-bond donors (Lipinski definition) is 1. The molecule has 2 heterocycles. The standard InChI is InChI=1S/C14H17BrN2O3/c1-2-5-14(13(19)20)6-3-8-17(14)12(18)10-4-7-16-9-11(10)15/h4,7,9H,2-3,5-6,8H2,1H3,(H,19,20)/t14-/m0/s1. The Balaban J connectivity index is 2.38. The first-order valence-electron chi connectivity index (χ1n) is 6.68. The predicted molar refractivity (Wildman–Crippen MR) is 77.5 cm³/mol. The zero-order chi connectivity index (χ0) is 14.8. The summed E-state index contributed by atoms with van der Waals surface area (Å²) in [5, 5.41) is 9.61. The molecule has 1 saturated heterocycles. The number of pyridine rings is 1. The van der Waals surface area contributed by atoms with E-state index in [1.54, 1.807) is 12.3 Å². The number of halogens is 1. The first kappa shape index (κ1) is 15.0. The molecule has 1 amide bonds. The fourth-order valence-electron chi connectivity index (χ4n) is 2.87. The smallest absolute Gasteiger partial charge is 0.329 e. The third-order valence-electron chi connectivity index (χ3n) is 3.80. The van der Waals surface area contributed by atoms with E-state index in [2.05, 4.69) is 20.9 Å². The van der Waals surface area contributed by atoms with E-state index in [4.69, 9.17) is 0 Å². The van der Waals surface area contributed by atoms with E-state index in [-0.39, 0.29) is 5.91 Å². The van der Waals surface area contributed by atoms with Crippen molar-refractivity contribution < 1.29 is 14.7 Å². The van der Waals surface area contributed by atoms with Crippen molar-refractivity contribution in [2.45, 2.75) is 38.1 Å². The molecule has 0 unspecified atom stereocenters. The molecule has 2 rings (SSSR count). The summed E-state index contributed by atoms with van der Waals surface area (Å²) in [4.78, 5) is 29.8. The average Bonchev–Trinajstić information content (AvgIpc) is 2.84. The van der Waals surface area contributed by atoms with Crippen LogP contribution in [0.3, 0.4) is 0 Å². The number of carboxylic acids is 1. The molecule has 1 fully saturated rings. The molecule has 0 bridgehead atoms. The van der Waals surface area contributed by atoms with Crippen LogP contribution >= 0.6 is 15.9 Å². The molecular weight excluding hydrogens is 324 g/mol. The van der Waals surface area contributed by atoms with Crippen LogP contribution in [0.15, 0.2) is 22.9 Å². The fraction of sp³-hybridized carbons (Fsp3) is 0.500. The van der Waals surface area contributed by atoms with Crippen molar-refractivity contribution in [2.75, 3.05) is 6.54 Å². The van der Waals surface area contributed by atoms with E-state index < -0.39 is 11.5 Å². The first-order valence-corrected chi connectivity index (χ1v) is 7.47. The number of carbonyl (C=O) groups is 2. The molecule has 0 spiro atoms. The van der Waals surface area contributed by atoms with E-state index in [0.29, 0.717) is 29.4 Å². The maximum absolute atomic E-state index is 12.7. The van der Waals surface area contributed by atoms with Crippen molar-refractivity contribution in [3.05, 3.63) is 28.5 Å². The maximum atomic E-state index is 12.7. The molecule has 0 aliphatic carbocycles. The van der Waals surface area contributed by atoms with Crippen LogP contribution < -0.4 is 0 Å². The molecule has 0 saturated carbocycles. The second kappa shape index (κ2) is 5.91. The molecule has 0 aromatic carbocycles. The normalized spacial score (nSPS) is 22.0. The lowest BCUT2D eigenvalue weighted by atomic mass is 9.90. The van der Waals surface area contributed by atoms with Gasteiger partial charge >= 0.3 is 5.97 Å². The number of carboxylic acid groups (broad SMARTS) is 1. The van der Waals surface area contributed by atoms with Gasteiger partial charge in [-0.1, -0.05) is 13.3 Å². The van der Waals surface area contributed by atoms with Gasteiger partial charge in [0.05, 0.1) is 5.56 Å². The van der Waals surface area contributed by atoms with Crippen molar-refractivity contribution in [1.82, 2.24) is 9.88 Å². The number of likely N-dealkylation sites (tertiary alicyclic amines) is 1. The van der Waals surface area contributed by atoms with Crippen LogP contribution in [-0.2, 0) is 4.79 Å². The van der Waals surface area contributed by atoms with E-state index in [9.17, 15) is 14.7 Å². The van der Waals surface area contributed by atoms with Gasteiger partial charge in [-0.05, 0) is 41.3 Å². The number of aromatic nitrogens is 1. The molecule has 1 atom stereocenters. The average molecular weight is 341 g/mol. The Bertz CT molecular complexity index is 535. The minimum Gasteiger partial charge on any atom is -0.479 e. The number of aliphatic carboxylic acids is 1. The van der Waals surface area contributed by atoms with E-state index in [1.165, 1.54) is 11.1 Å². The highest BCUT2D eigenvalue weighted by molar-refractivity contribution is 9.10. The Kier molecular flexibility index (Phi) is 4.42. The zero-order valence-corrected chi connectivity index (χ0v) is 12.9. The fourth-order valence-corrected chi connectivity index (χ4v) is 3.29. The van der Waals surface area contributed by atoms with E-state index in [0.717, 1.165) is 12.8 Å². The van der Waals surface area contributed by atoms with Gasteiger partial charge in [0.1, 0.15) is 5.54 Å². The van der Waals surface area contributed by atoms with Gasteiger partial charge in [-0.3, -0.25) is 9.78 Å². The summed E-state index contributed by atoms with van der Waals surface area (Å²) < 4.78 is 0.590. The molecule has 108 valence electrons. The summed E-state index contributed by atoms with van der Waals surface area (Å²) in [6, 6.07) is 1.61. The number of carbonyl (C=O) groups excluding carboxylic acids is 1. The van der Waals surface area contributed by atoms with Crippen LogP contribution in [0.5, 0.6) is 0 Å². The molecule has 5 nitrogen and oxygen atoms in total. The lowest BCUT2D eigenvalue weighted by Crippen LogP contribution is -2.53. The first-order chi connectivity index (χ1) is 9.53. The Morgan fingerprint density at radius 3 is 2.90 bits per heavy atom. The van der Waals surface area contributed by atoms with Crippen LogP contribution in [0.4, 0.5) is 0 Å². The Morgan fingerprint density at radius 2 is 2.30 bits per heavy atom. The van der Waals surface area contributed by atoms with Crippen LogP contribution in [-0.4, -0.2) is 39.0 Å². The summed E-state index contributed by atoms with van der Waals surface area (Å²) in [7, 11) is 0. The number of rotatable bonds is 4. The molecule has 1 aliphatic heterocycles. The second-order valence-electron chi connectivity index (χ2n) is 5.00. The lowest BCUT2D eigenvalue weighted by molar-refractivity contribution is -0.148. The van der Waals surface area contributed by atoms with E-state index >= 15 is 0 Å². The minimum atomic E-state index is -1.06. The quantitative estimate of drug-likeness (QED) is 0.914. The summed E-state index contributed by atoms with van der Waals surface area (Å²) in [5.41, 5.74) is -0.599. The second-order valence-corrected chi connectivity index (χ2v) is 5.86. The Labute approximate surface area is 126 Å². The molecule has 1 N–H and O–H groups in total. The summed E-state index contributed by atoms with van der Waals surface area (Å²) in [6.45, 7) is 2.42. The Morgan fingerprint density at radius 1 is 1.55 bits per heavy atom. The predicted octanol–water partition coefficient (Wildman–Crippen LogP) is 2.70. The number of amides is 1. The summed E-state index contributed by atoms with van der Waals surface area (Å²) in [6.07, 6.45) is 5.54. The van der Waals surface area contributed by atoms with Crippen LogP contribution in [0.25, 0.3) is 0 Å². The third kappa shape index (κ3) is 2.44. The molecule has 1 aliphatic rings. The van der Waals surface area contributed by atoms with Gasteiger partial charge < -0.3 is 10.0 Å². The van der Waals surface area contributed by atoms with Crippen LogP contribution in [0, 0.1) is 0 Å². The van der Waals surface area contributed by atoms with Crippen molar-refractivity contribution in [3.8, 4) is 0 Å². The molecule has 1 aromatic rings. The highest BCUT2D eigenvalue weighted by Gasteiger charge is 2.49. The van der Waals surface area contributed by atoms with Gasteiger partial charge in [0.2, 0.25) is 0 Å². The lowest BCUT2D eigenvalue weighted by Gasteiger charge is -2.34. The highest BCUT2D eigenvalue weighted by Crippen LogP contribution is 2.36. The summed E-state index contributed by atoms with van der Waals surface area (Å²) >= 11 is 3.30. The van der Waals surface area contributed by atoms with Crippen molar-refractivity contribution in [1.29, 1.82) is 0 Å². The third-order valence-corrected chi connectivity index (χ3v) is 4.43. The van der Waals surface area contributed by atoms with Gasteiger partial charge in [0.25, 0.3) is 5.91 Å². The van der Waals surface area contributed by atoms with Crippen molar-refractivity contribution in [3.63, 3.8) is 0 Å². The van der Waals surface area contributed by atoms with Gasteiger partial charge in [-0.15, -0.1) is 0 Å². The molecule has 1 aromatic heterocycles. The minimum absolute atomic E-state index is 0.243. The largest absolute Gasteiger partial charge is 0.479 e. The van der Waals surface area contributed by atoms with Gasteiger partial charge in [0.15, 0.2) is 0 Å². The van der Waals surface area contributed by atoms with Crippen LogP contribution in [0.1, 0.15) is 43.0 Å².